The Balaban J connectivity index is 2.18. The zero-order valence-corrected chi connectivity index (χ0v) is 16.5. The number of benzene rings is 1. The molecule has 6 heteroatoms. The number of carbonyl (C=O) groups excluding carboxylic acids is 1. The second kappa shape index (κ2) is 6.95. The van der Waals surface area contributed by atoms with Crippen LogP contribution in [0, 0.1) is 0 Å². The van der Waals surface area contributed by atoms with E-state index in [4.69, 9.17) is 14.2 Å². The summed E-state index contributed by atoms with van der Waals surface area (Å²) in [5.41, 5.74) is 4.07. The highest BCUT2D eigenvalue weighted by atomic mass is 16.5. The highest BCUT2D eigenvalue weighted by molar-refractivity contribution is 5.96. The normalized spacial score (nSPS) is 11.5. The molecule has 0 saturated carbocycles. The second-order valence-electron chi connectivity index (χ2n) is 7.28. The minimum absolute atomic E-state index is 0.0441. The number of rotatable bonds is 4. The predicted molar refractivity (Wildman–Crippen MR) is 104 cm³/mol. The number of methoxy groups -OCH3 is 3. The van der Waals surface area contributed by atoms with Crippen molar-refractivity contribution in [2.24, 2.45) is 0 Å². The quantitative estimate of drug-likeness (QED) is 0.649. The van der Waals surface area contributed by atoms with Gasteiger partial charge >= 0.3 is 5.97 Å². The SMILES string of the molecule is COC(=O)c1c(OC)cc(-c2cnc3cc(C(C)(C)C)ccn23)cc1OC. The summed E-state index contributed by atoms with van der Waals surface area (Å²) in [5, 5.41) is 0. The van der Waals surface area contributed by atoms with Gasteiger partial charge in [0.05, 0.1) is 33.2 Å². The molecule has 0 amide bonds. The first-order chi connectivity index (χ1) is 12.8. The fourth-order valence-corrected chi connectivity index (χ4v) is 3.02. The Kier molecular flexibility index (Phi) is 4.83. The van der Waals surface area contributed by atoms with Crippen LogP contribution in [0.3, 0.4) is 0 Å². The fourth-order valence-electron chi connectivity index (χ4n) is 3.02. The third-order valence-corrected chi connectivity index (χ3v) is 4.57. The van der Waals surface area contributed by atoms with E-state index in [1.807, 2.05) is 10.6 Å². The molecule has 142 valence electrons. The molecule has 0 unspecified atom stereocenters. The van der Waals surface area contributed by atoms with E-state index in [0.717, 1.165) is 16.9 Å². The first-order valence-corrected chi connectivity index (χ1v) is 8.62. The zero-order chi connectivity index (χ0) is 19.8. The van der Waals surface area contributed by atoms with Crippen LogP contribution in [0.4, 0.5) is 0 Å². The molecule has 0 N–H and O–H groups in total. The van der Waals surface area contributed by atoms with Crippen LogP contribution in [0.2, 0.25) is 0 Å². The van der Waals surface area contributed by atoms with Gasteiger partial charge in [-0.1, -0.05) is 20.8 Å². The number of hydrogen-bond acceptors (Lipinski definition) is 5. The van der Waals surface area contributed by atoms with Crippen molar-refractivity contribution in [3.8, 4) is 22.8 Å². The summed E-state index contributed by atoms with van der Waals surface area (Å²) in [6, 6.07) is 7.75. The van der Waals surface area contributed by atoms with Gasteiger partial charge in [0.25, 0.3) is 0 Å². The van der Waals surface area contributed by atoms with Crippen molar-refractivity contribution in [1.29, 1.82) is 0 Å². The smallest absolute Gasteiger partial charge is 0.345 e. The van der Waals surface area contributed by atoms with Crippen molar-refractivity contribution in [3.63, 3.8) is 0 Å². The number of imidazole rings is 1. The van der Waals surface area contributed by atoms with Gasteiger partial charge in [-0.3, -0.25) is 4.40 Å². The monoisotopic (exact) mass is 368 g/mol. The maximum atomic E-state index is 12.1. The van der Waals surface area contributed by atoms with E-state index in [-0.39, 0.29) is 11.0 Å². The van der Waals surface area contributed by atoms with E-state index in [2.05, 4.69) is 37.9 Å². The average Bonchev–Trinajstić information content (AvgIpc) is 3.08. The average molecular weight is 368 g/mol. The number of pyridine rings is 1. The number of aromatic nitrogens is 2. The molecule has 3 aromatic rings. The highest BCUT2D eigenvalue weighted by Gasteiger charge is 2.22. The van der Waals surface area contributed by atoms with E-state index in [0.29, 0.717) is 11.5 Å². The molecule has 0 aliphatic rings. The Morgan fingerprint density at radius 1 is 1.04 bits per heavy atom. The second-order valence-corrected chi connectivity index (χ2v) is 7.28. The van der Waals surface area contributed by atoms with Crippen molar-refractivity contribution in [1.82, 2.24) is 9.38 Å². The van der Waals surface area contributed by atoms with Crippen molar-refractivity contribution < 1.29 is 19.0 Å². The van der Waals surface area contributed by atoms with E-state index in [9.17, 15) is 4.79 Å². The van der Waals surface area contributed by atoms with Crippen LogP contribution in [0.1, 0.15) is 36.7 Å². The standard InChI is InChI=1S/C21H24N2O4/c1-21(2,3)14-7-8-23-15(12-22-18(23)11-14)13-9-16(25-4)19(20(24)27-6)17(10-13)26-5/h7-12H,1-6H3. The maximum Gasteiger partial charge on any atom is 0.345 e. The number of fused-ring (bicyclic) bond motifs is 1. The molecule has 27 heavy (non-hydrogen) atoms. The Morgan fingerprint density at radius 2 is 1.67 bits per heavy atom. The highest BCUT2D eigenvalue weighted by Crippen LogP contribution is 2.36. The maximum absolute atomic E-state index is 12.1. The van der Waals surface area contributed by atoms with Crippen LogP contribution >= 0.6 is 0 Å². The summed E-state index contributed by atoms with van der Waals surface area (Å²) in [5.74, 6) is 0.262. The summed E-state index contributed by atoms with van der Waals surface area (Å²) >= 11 is 0. The molecule has 0 aliphatic carbocycles. The van der Waals surface area contributed by atoms with Crippen molar-refractivity contribution >= 4 is 11.6 Å². The molecule has 0 saturated heterocycles. The molecule has 6 nitrogen and oxygen atoms in total. The molecule has 0 spiro atoms. The van der Waals surface area contributed by atoms with Gasteiger partial charge in [-0.15, -0.1) is 0 Å². The third kappa shape index (κ3) is 3.35. The largest absolute Gasteiger partial charge is 0.496 e. The predicted octanol–water partition coefficient (Wildman–Crippen LogP) is 4.10. The number of esters is 1. The first-order valence-electron chi connectivity index (χ1n) is 8.62. The first kappa shape index (κ1) is 18.8. The van der Waals surface area contributed by atoms with Crippen molar-refractivity contribution in [2.45, 2.75) is 26.2 Å². The minimum atomic E-state index is -0.511. The number of carbonyl (C=O) groups is 1. The molecule has 2 heterocycles. The molecule has 2 aromatic heterocycles. The van der Waals surface area contributed by atoms with Gasteiger partial charge in [0.2, 0.25) is 0 Å². The summed E-state index contributed by atoms with van der Waals surface area (Å²) in [6.07, 6.45) is 3.80. The lowest BCUT2D eigenvalue weighted by atomic mass is 9.88. The van der Waals surface area contributed by atoms with Crippen LogP contribution in [-0.2, 0) is 10.2 Å². The third-order valence-electron chi connectivity index (χ3n) is 4.57. The van der Waals surface area contributed by atoms with Gasteiger partial charge in [-0.25, -0.2) is 9.78 Å². The molecule has 1 aromatic carbocycles. The lowest BCUT2D eigenvalue weighted by molar-refractivity contribution is 0.0593. The zero-order valence-electron chi connectivity index (χ0n) is 16.5. The van der Waals surface area contributed by atoms with Gasteiger partial charge in [-0.05, 0) is 35.2 Å². The van der Waals surface area contributed by atoms with E-state index < -0.39 is 5.97 Å². The molecule has 0 radical (unpaired) electrons. The summed E-state index contributed by atoms with van der Waals surface area (Å²) < 4.78 is 17.7. The van der Waals surface area contributed by atoms with Crippen LogP contribution in [0.5, 0.6) is 11.5 Å². The summed E-state index contributed by atoms with van der Waals surface area (Å²) in [4.78, 5) is 16.7. The lowest BCUT2D eigenvalue weighted by Crippen LogP contribution is -2.11. The number of hydrogen-bond donors (Lipinski definition) is 0. The molecule has 3 rings (SSSR count). The minimum Gasteiger partial charge on any atom is -0.496 e. The Hall–Kier alpha value is -3.02. The van der Waals surface area contributed by atoms with Gasteiger partial charge in [0.1, 0.15) is 22.7 Å². The van der Waals surface area contributed by atoms with Gasteiger partial charge in [-0.2, -0.15) is 0 Å². The molecular formula is C21H24N2O4. The van der Waals surface area contributed by atoms with E-state index in [1.165, 1.54) is 26.9 Å². The summed E-state index contributed by atoms with van der Waals surface area (Å²) in [6.45, 7) is 6.51. The number of ether oxygens (including phenoxy) is 3. The molecular weight excluding hydrogens is 344 g/mol. The molecule has 0 atom stereocenters. The van der Waals surface area contributed by atoms with Crippen LogP contribution in [0.25, 0.3) is 16.9 Å². The van der Waals surface area contributed by atoms with Gasteiger partial charge in [0, 0.05) is 11.8 Å². The molecule has 0 fully saturated rings. The van der Waals surface area contributed by atoms with Crippen LogP contribution < -0.4 is 9.47 Å². The van der Waals surface area contributed by atoms with Crippen LogP contribution in [0.15, 0.2) is 36.7 Å². The summed E-state index contributed by atoms with van der Waals surface area (Å²) in [7, 11) is 4.34. The Labute approximate surface area is 158 Å². The van der Waals surface area contributed by atoms with E-state index in [1.54, 1.807) is 18.3 Å². The topological polar surface area (TPSA) is 62.1 Å². The van der Waals surface area contributed by atoms with E-state index >= 15 is 0 Å². The number of nitrogens with zero attached hydrogens (tertiary/aromatic N) is 2. The molecule has 0 aliphatic heterocycles. The molecule has 0 bridgehead atoms. The van der Waals surface area contributed by atoms with Gasteiger partial charge in [0.15, 0.2) is 0 Å². The Morgan fingerprint density at radius 3 is 2.19 bits per heavy atom. The van der Waals surface area contributed by atoms with Crippen molar-refractivity contribution in [3.05, 3.63) is 47.8 Å². The Bertz CT molecular complexity index is 974. The van der Waals surface area contributed by atoms with Gasteiger partial charge < -0.3 is 14.2 Å². The fraction of sp³-hybridized carbons (Fsp3) is 0.333. The van der Waals surface area contributed by atoms with Crippen molar-refractivity contribution in [2.75, 3.05) is 21.3 Å². The van der Waals surface area contributed by atoms with Crippen LogP contribution in [-0.4, -0.2) is 36.7 Å². The lowest BCUT2D eigenvalue weighted by Gasteiger charge is -2.19.